The lowest BCUT2D eigenvalue weighted by Crippen LogP contribution is -2.30. The van der Waals surface area contributed by atoms with Crippen molar-refractivity contribution in [3.05, 3.63) is 30.1 Å². The van der Waals surface area contributed by atoms with Crippen molar-refractivity contribution in [2.24, 2.45) is 5.92 Å². The number of benzene rings is 1. The summed E-state index contributed by atoms with van der Waals surface area (Å²) in [5.41, 5.74) is 2.26. The number of carbonyl (C=O) groups is 1. The van der Waals surface area contributed by atoms with Gasteiger partial charge in [0, 0.05) is 25.4 Å². The molecule has 1 heterocycles. The van der Waals surface area contributed by atoms with Gasteiger partial charge in [-0.3, -0.25) is 4.79 Å². The monoisotopic (exact) mass is 343 g/mol. The van der Waals surface area contributed by atoms with Crippen molar-refractivity contribution in [3.8, 4) is 0 Å². The van der Waals surface area contributed by atoms with Crippen LogP contribution >= 0.6 is 0 Å². The zero-order chi connectivity index (χ0) is 18.1. The molecule has 1 aromatic carbocycles. The molecule has 1 amide bonds. The highest BCUT2D eigenvalue weighted by Gasteiger charge is 2.11. The molecule has 2 rings (SSSR count). The Bertz CT molecular complexity index is 660. The molecule has 4 nitrogen and oxygen atoms in total. The summed E-state index contributed by atoms with van der Waals surface area (Å²) in [7, 11) is 0. The van der Waals surface area contributed by atoms with Gasteiger partial charge in [-0.15, -0.1) is 0 Å². The summed E-state index contributed by atoms with van der Waals surface area (Å²) in [5.74, 6) is 1.22. The number of hydrogen-bond donors (Lipinski definition) is 1. The highest BCUT2D eigenvalue weighted by Crippen LogP contribution is 2.18. The van der Waals surface area contributed by atoms with E-state index in [9.17, 15) is 4.79 Å². The Labute approximate surface area is 152 Å². The fourth-order valence-electron chi connectivity index (χ4n) is 3.12. The number of para-hydroxylation sites is 2. The number of amides is 1. The second-order valence-corrected chi connectivity index (χ2v) is 7.13. The van der Waals surface area contributed by atoms with E-state index in [-0.39, 0.29) is 11.8 Å². The summed E-state index contributed by atoms with van der Waals surface area (Å²) in [6, 6.07) is 8.33. The van der Waals surface area contributed by atoms with E-state index in [2.05, 4.69) is 35.0 Å². The normalized spacial score (nSPS) is 11.4. The largest absolute Gasteiger partial charge is 0.355 e. The van der Waals surface area contributed by atoms with Crippen LogP contribution in [0.2, 0.25) is 0 Å². The minimum atomic E-state index is 0.0296. The standard InChI is InChI=1S/C21H33N3O/c1-4-5-6-7-8-11-16-24-19-13-10-9-12-18(19)23-20(24)14-15-22-21(25)17(2)3/h9-10,12-13,17H,4-8,11,14-16H2,1-3H3,(H,22,25). The number of hydrogen-bond acceptors (Lipinski definition) is 2. The molecule has 0 unspecified atom stereocenters. The van der Waals surface area contributed by atoms with Crippen molar-refractivity contribution in [2.75, 3.05) is 6.54 Å². The van der Waals surface area contributed by atoms with Gasteiger partial charge in [0.25, 0.3) is 0 Å². The molecule has 25 heavy (non-hydrogen) atoms. The Morgan fingerprint density at radius 3 is 2.60 bits per heavy atom. The van der Waals surface area contributed by atoms with E-state index in [1.54, 1.807) is 0 Å². The molecule has 0 aliphatic carbocycles. The first-order chi connectivity index (χ1) is 12.1. The Hall–Kier alpha value is -1.84. The molecule has 0 atom stereocenters. The number of aryl methyl sites for hydroxylation is 1. The topological polar surface area (TPSA) is 46.9 Å². The Morgan fingerprint density at radius 2 is 1.84 bits per heavy atom. The first-order valence-corrected chi connectivity index (χ1v) is 9.85. The molecule has 0 aliphatic rings. The highest BCUT2D eigenvalue weighted by molar-refractivity contribution is 5.78. The van der Waals surface area contributed by atoms with Crippen LogP contribution in [0.5, 0.6) is 0 Å². The minimum absolute atomic E-state index is 0.0296. The molecule has 0 radical (unpaired) electrons. The molecule has 4 heteroatoms. The maximum absolute atomic E-state index is 11.7. The zero-order valence-corrected chi connectivity index (χ0v) is 16.1. The fraction of sp³-hybridized carbons (Fsp3) is 0.619. The minimum Gasteiger partial charge on any atom is -0.355 e. The second-order valence-electron chi connectivity index (χ2n) is 7.13. The number of carbonyl (C=O) groups excluding carboxylic acids is 1. The predicted molar refractivity (Wildman–Crippen MR) is 105 cm³/mol. The molecule has 0 saturated heterocycles. The number of rotatable bonds is 11. The van der Waals surface area contributed by atoms with Gasteiger partial charge < -0.3 is 9.88 Å². The van der Waals surface area contributed by atoms with Gasteiger partial charge >= 0.3 is 0 Å². The van der Waals surface area contributed by atoms with Crippen molar-refractivity contribution in [1.29, 1.82) is 0 Å². The van der Waals surface area contributed by atoms with Gasteiger partial charge in [-0.1, -0.05) is 65.0 Å². The third-order valence-electron chi connectivity index (χ3n) is 4.64. The summed E-state index contributed by atoms with van der Waals surface area (Å²) in [6.07, 6.45) is 8.54. The SMILES string of the molecule is CCCCCCCCn1c(CCNC(=O)C(C)C)nc2ccccc21. The van der Waals surface area contributed by atoms with E-state index in [1.165, 1.54) is 44.0 Å². The molecule has 0 spiro atoms. The molecule has 0 bridgehead atoms. The summed E-state index contributed by atoms with van der Waals surface area (Å²) >= 11 is 0. The smallest absolute Gasteiger partial charge is 0.222 e. The average Bonchev–Trinajstić information content (AvgIpc) is 2.95. The van der Waals surface area contributed by atoms with Gasteiger partial charge in [0.15, 0.2) is 0 Å². The lowest BCUT2D eigenvalue weighted by molar-refractivity contribution is -0.123. The van der Waals surface area contributed by atoms with Gasteiger partial charge in [-0.05, 0) is 18.6 Å². The quantitative estimate of drug-likeness (QED) is 0.601. The lowest BCUT2D eigenvalue weighted by Gasteiger charge is -2.11. The number of nitrogens with zero attached hydrogens (tertiary/aromatic N) is 2. The summed E-state index contributed by atoms with van der Waals surface area (Å²) < 4.78 is 2.34. The van der Waals surface area contributed by atoms with Crippen LogP contribution in [-0.2, 0) is 17.8 Å². The van der Waals surface area contributed by atoms with Crippen LogP contribution in [0.1, 0.15) is 65.1 Å². The maximum Gasteiger partial charge on any atom is 0.222 e. The molecule has 138 valence electrons. The van der Waals surface area contributed by atoms with Crippen LogP contribution < -0.4 is 5.32 Å². The summed E-state index contributed by atoms with van der Waals surface area (Å²) in [4.78, 5) is 16.5. The van der Waals surface area contributed by atoms with E-state index < -0.39 is 0 Å². The summed E-state index contributed by atoms with van der Waals surface area (Å²) in [5, 5.41) is 3.00. The molecule has 1 aromatic heterocycles. The van der Waals surface area contributed by atoms with Gasteiger partial charge in [-0.2, -0.15) is 0 Å². The Kier molecular flexibility index (Phi) is 7.96. The Morgan fingerprint density at radius 1 is 1.12 bits per heavy atom. The van der Waals surface area contributed by atoms with Gasteiger partial charge in [0.2, 0.25) is 5.91 Å². The number of fused-ring (bicyclic) bond motifs is 1. The Balaban J connectivity index is 1.96. The summed E-state index contributed by atoms with van der Waals surface area (Å²) in [6.45, 7) is 7.76. The molecule has 2 aromatic rings. The molecule has 0 aliphatic heterocycles. The number of nitrogens with one attached hydrogen (secondary N) is 1. The fourth-order valence-corrected chi connectivity index (χ4v) is 3.12. The first kappa shape index (κ1) is 19.5. The molecule has 0 saturated carbocycles. The number of unbranched alkanes of at least 4 members (excludes halogenated alkanes) is 5. The third-order valence-corrected chi connectivity index (χ3v) is 4.64. The van der Waals surface area contributed by atoms with Crippen molar-refractivity contribution in [1.82, 2.24) is 14.9 Å². The van der Waals surface area contributed by atoms with E-state index in [4.69, 9.17) is 4.98 Å². The van der Waals surface area contributed by atoms with Crippen LogP contribution in [0.15, 0.2) is 24.3 Å². The van der Waals surface area contributed by atoms with Gasteiger partial charge in [0.1, 0.15) is 5.82 Å². The molecule has 0 fully saturated rings. The second kappa shape index (κ2) is 10.2. The number of aromatic nitrogens is 2. The number of imidazole rings is 1. The van der Waals surface area contributed by atoms with Crippen molar-refractivity contribution in [2.45, 2.75) is 72.3 Å². The van der Waals surface area contributed by atoms with E-state index >= 15 is 0 Å². The van der Waals surface area contributed by atoms with Crippen LogP contribution in [-0.4, -0.2) is 22.0 Å². The molecule has 1 N–H and O–H groups in total. The molecular weight excluding hydrogens is 310 g/mol. The average molecular weight is 344 g/mol. The van der Waals surface area contributed by atoms with Crippen molar-refractivity contribution in [3.63, 3.8) is 0 Å². The molecular formula is C21H33N3O. The predicted octanol–water partition coefficient (Wildman–Crippen LogP) is 4.71. The van der Waals surface area contributed by atoms with Crippen LogP contribution in [0, 0.1) is 5.92 Å². The lowest BCUT2D eigenvalue weighted by atomic mass is 10.1. The van der Waals surface area contributed by atoms with Crippen molar-refractivity contribution >= 4 is 16.9 Å². The maximum atomic E-state index is 11.7. The van der Waals surface area contributed by atoms with Crippen LogP contribution in [0.3, 0.4) is 0 Å². The third kappa shape index (κ3) is 5.87. The van der Waals surface area contributed by atoms with Gasteiger partial charge in [-0.25, -0.2) is 4.98 Å². The van der Waals surface area contributed by atoms with Crippen LogP contribution in [0.4, 0.5) is 0 Å². The zero-order valence-electron chi connectivity index (χ0n) is 16.1. The van der Waals surface area contributed by atoms with Crippen molar-refractivity contribution < 1.29 is 4.79 Å². The van der Waals surface area contributed by atoms with Crippen LogP contribution in [0.25, 0.3) is 11.0 Å². The first-order valence-electron chi connectivity index (χ1n) is 9.85. The van der Waals surface area contributed by atoms with E-state index in [1.807, 2.05) is 19.9 Å². The van der Waals surface area contributed by atoms with E-state index in [0.717, 1.165) is 24.3 Å². The highest BCUT2D eigenvalue weighted by atomic mass is 16.1. The van der Waals surface area contributed by atoms with Gasteiger partial charge in [0.05, 0.1) is 11.0 Å². The van der Waals surface area contributed by atoms with E-state index in [0.29, 0.717) is 6.54 Å².